The van der Waals surface area contributed by atoms with Gasteiger partial charge in [0.2, 0.25) is 0 Å². The smallest absolute Gasteiger partial charge is 0.335 e. The third kappa shape index (κ3) is 26.5. The first-order valence-corrected chi connectivity index (χ1v) is 21.0. The number of carboxylic acid groups (broad SMARTS) is 1. The Morgan fingerprint density at radius 2 is 1.05 bits per heavy atom. The zero-order valence-electron chi connectivity index (χ0n) is 34.1. The van der Waals surface area contributed by atoms with E-state index in [0.29, 0.717) is 12.8 Å². The summed E-state index contributed by atoms with van der Waals surface area (Å²) in [7, 11) is 0. The van der Waals surface area contributed by atoms with Gasteiger partial charge in [-0.1, -0.05) is 125 Å². The predicted octanol–water partition coefficient (Wildman–Crippen LogP) is 8.53. The molecule has 4 N–H and O–H groups in total. The van der Waals surface area contributed by atoms with Gasteiger partial charge in [-0.05, 0) is 77.0 Å². The lowest BCUT2D eigenvalue weighted by Gasteiger charge is -2.38. The van der Waals surface area contributed by atoms with Crippen LogP contribution in [0.25, 0.3) is 0 Å². The largest absolute Gasteiger partial charge is 0.479 e. The van der Waals surface area contributed by atoms with Gasteiger partial charge in [-0.15, -0.1) is 0 Å². The molecule has 1 saturated heterocycles. The molecule has 11 heteroatoms. The van der Waals surface area contributed by atoms with Gasteiger partial charge < -0.3 is 39.4 Å². The molecule has 6 unspecified atom stereocenters. The van der Waals surface area contributed by atoms with Crippen molar-refractivity contribution in [2.24, 2.45) is 0 Å². The average molecular weight is 789 g/mol. The van der Waals surface area contributed by atoms with Crippen LogP contribution in [-0.4, -0.2) is 88.4 Å². The van der Waals surface area contributed by atoms with E-state index in [4.69, 9.17) is 18.9 Å². The van der Waals surface area contributed by atoms with Crippen LogP contribution in [0.1, 0.15) is 142 Å². The lowest BCUT2D eigenvalue weighted by Crippen LogP contribution is -2.60. The summed E-state index contributed by atoms with van der Waals surface area (Å²) in [6, 6.07) is 0. The van der Waals surface area contributed by atoms with Crippen molar-refractivity contribution in [1.29, 1.82) is 0 Å². The molecule has 1 aliphatic heterocycles. The minimum atomic E-state index is -1.87. The van der Waals surface area contributed by atoms with E-state index in [1.807, 2.05) is 0 Å². The number of carbonyl (C=O) groups is 3. The number of hydrogen-bond acceptors (Lipinski definition) is 10. The van der Waals surface area contributed by atoms with E-state index < -0.39 is 61.3 Å². The Bertz CT molecular complexity index is 1200. The zero-order valence-corrected chi connectivity index (χ0v) is 34.1. The molecule has 0 aromatic carbocycles. The summed E-state index contributed by atoms with van der Waals surface area (Å²) < 4.78 is 21.6. The monoisotopic (exact) mass is 789 g/mol. The molecular weight excluding hydrogens is 716 g/mol. The molecule has 0 radical (unpaired) electrons. The van der Waals surface area contributed by atoms with E-state index in [2.05, 4.69) is 86.8 Å². The van der Waals surface area contributed by atoms with E-state index >= 15 is 0 Å². The number of allylic oxidation sites excluding steroid dienone is 12. The number of rotatable bonds is 33. The Labute approximate surface area is 336 Å². The fourth-order valence-corrected chi connectivity index (χ4v) is 5.73. The second-order valence-corrected chi connectivity index (χ2v) is 14.1. The number of aliphatic carboxylic acids is 1. The first-order chi connectivity index (χ1) is 27.2. The Hall–Kier alpha value is -3.35. The molecule has 1 fully saturated rings. The third-order valence-corrected chi connectivity index (χ3v) is 9.02. The van der Waals surface area contributed by atoms with Crippen molar-refractivity contribution >= 4 is 17.9 Å². The molecule has 318 valence electrons. The normalized spacial score (nSPS) is 21.1. The van der Waals surface area contributed by atoms with E-state index in [1.54, 1.807) is 0 Å². The Kier molecular flexibility index (Phi) is 31.5. The van der Waals surface area contributed by atoms with E-state index in [-0.39, 0.29) is 19.4 Å². The maximum absolute atomic E-state index is 12.7. The molecule has 0 aliphatic carbocycles. The first-order valence-electron chi connectivity index (χ1n) is 21.0. The molecule has 11 nitrogen and oxygen atoms in total. The minimum Gasteiger partial charge on any atom is -0.479 e. The topological polar surface area (TPSA) is 169 Å². The highest BCUT2D eigenvalue weighted by molar-refractivity contribution is 5.73. The van der Waals surface area contributed by atoms with Gasteiger partial charge in [-0.25, -0.2) is 4.79 Å². The van der Waals surface area contributed by atoms with Crippen molar-refractivity contribution in [1.82, 2.24) is 0 Å². The number of esters is 2. The maximum Gasteiger partial charge on any atom is 0.335 e. The van der Waals surface area contributed by atoms with Gasteiger partial charge in [-0.2, -0.15) is 0 Å². The summed E-state index contributed by atoms with van der Waals surface area (Å²) in [5.41, 5.74) is 0. The minimum absolute atomic E-state index is 0.157. The van der Waals surface area contributed by atoms with Crippen molar-refractivity contribution in [3.05, 3.63) is 72.9 Å². The van der Waals surface area contributed by atoms with Gasteiger partial charge in [0.25, 0.3) is 0 Å². The fraction of sp³-hybridized carbons (Fsp3) is 0.667. The number of aliphatic hydroxyl groups excluding tert-OH is 3. The molecule has 1 aliphatic rings. The summed E-state index contributed by atoms with van der Waals surface area (Å²) >= 11 is 0. The van der Waals surface area contributed by atoms with Gasteiger partial charge >= 0.3 is 17.9 Å². The van der Waals surface area contributed by atoms with E-state index in [0.717, 1.165) is 103 Å². The van der Waals surface area contributed by atoms with Crippen LogP contribution < -0.4 is 0 Å². The van der Waals surface area contributed by atoms with Gasteiger partial charge in [0, 0.05) is 12.8 Å². The molecule has 0 amide bonds. The Balaban J connectivity index is 2.43. The van der Waals surface area contributed by atoms with Gasteiger partial charge in [0.05, 0.1) is 6.61 Å². The van der Waals surface area contributed by atoms with Crippen LogP contribution in [-0.2, 0) is 33.3 Å². The van der Waals surface area contributed by atoms with Crippen LogP contribution in [0.15, 0.2) is 72.9 Å². The van der Waals surface area contributed by atoms with Crippen molar-refractivity contribution in [2.45, 2.75) is 179 Å². The van der Waals surface area contributed by atoms with Crippen LogP contribution >= 0.6 is 0 Å². The standard InChI is InChI=1S/C45H72O11/c1-3-5-7-9-11-13-15-17-18-19-20-22-23-25-27-29-31-33-38(46)53-35-37(36-54-45-42(50)40(48)41(49)43(56-45)44(51)52)55-39(47)34-32-30-28-26-24-21-16-14-12-10-8-6-4-2/h5,7-8,10-11,13-14,16-18,20,22,37,40-43,45,48-50H,3-4,6,9,12,15,19,21,23-36H2,1-2H3,(H,51,52)/b7-5-,10-8-,13-11-,16-14-,18-17-,22-20-. The second-order valence-electron chi connectivity index (χ2n) is 14.1. The van der Waals surface area contributed by atoms with E-state index in [9.17, 15) is 34.8 Å². The van der Waals surface area contributed by atoms with Gasteiger partial charge in [0.15, 0.2) is 18.5 Å². The lowest BCUT2D eigenvalue weighted by molar-refractivity contribution is -0.298. The number of hydrogen-bond donors (Lipinski definition) is 4. The van der Waals surface area contributed by atoms with Crippen molar-refractivity contribution < 1.29 is 53.8 Å². The summed E-state index contributed by atoms with van der Waals surface area (Å²) in [4.78, 5) is 36.7. The first kappa shape index (κ1) is 50.7. The molecule has 1 rings (SSSR count). The highest BCUT2D eigenvalue weighted by atomic mass is 16.7. The summed E-state index contributed by atoms with van der Waals surface area (Å²) in [6.45, 7) is 3.57. The second kappa shape index (κ2) is 34.9. The van der Waals surface area contributed by atoms with Crippen molar-refractivity contribution in [3.63, 3.8) is 0 Å². The predicted molar refractivity (Wildman–Crippen MR) is 220 cm³/mol. The number of unbranched alkanes of at least 4 members (excludes halogenated alkanes) is 10. The SMILES string of the molecule is CC/C=C\C/C=C\C/C=C\C/C=C\CCCCCCC(=O)OCC(COC1OC(C(=O)O)C(O)C(O)C1O)OC(=O)CCCCCCC/C=C\C/C=C\CCC. The third-order valence-electron chi connectivity index (χ3n) is 9.02. The lowest BCUT2D eigenvalue weighted by atomic mass is 9.99. The zero-order chi connectivity index (χ0) is 41.1. The Morgan fingerprint density at radius 1 is 0.571 bits per heavy atom. The van der Waals surface area contributed by atoms with Crippen LogP contribution in [0.4, 0.5) is 0 Å². The summed E-state index contributed by atoms with van der Waals surface area (Å²) in [5, 5.41) is 39.7. The van der Waals surface area contributed by atoms with Crippen molar-refractivity contribution in [3.8, 4) is 0 Å². The van der Waals surface area contributed by atoms with Crippen LogP contribution in [0.5, 0.6) is 0 Å². The highest BCUT2D eigenvalue weighted by Gasteiger charge is 2.47. The molecule has 1 heterocycles. The summed E-state index contributed by atoms with van der Waals surface area (Å²) in [5.74, 6) is -2.51. The van der Waals surface area contributed by atoms with Crippen LogP contribution in [0.3, 0.4) is 0 Å². The van der Waals surface area contributed by atoms with Crippen LogP contribution in [0.2, 0.25) is 0 Å². The van der Waals surface area contributed by atoms with E-state index in [1.165, 1.54) is 0 Å². The Morgan fingerprint density at radius 3 is 1.59 bits per heavy atom. The maximum atomic E-state index is 12.7. The highest BCUT2D eigenvalue weighted by Crippen LogP contribution is 2.23. The molecule has 0 spiro atoms. The quantitative estimate of drug-likeness (QED) is 0.0286. The molecule has 0 aromatic heterocycles. The van der Waals surface area contributed by atoms with Gasteiger partial charge in [-0.3, -0.25) is 9.59 Å². The number of carboxylic acids is 1. The molecule has 0 aromatic rings. The molecule has 0 bridgehead atoms. The molecule has 56 heavy (non-hydrogen) atoms. The average Bonchev–Trinajstić information content (AvgIpc) is 3.18. The molecular formula is C45H72O11. The molecule has 6 atom stereocenters. The van der Waals surface area contributed by atoms with Crippen LogP contribution in [0, 0.1) is 0 Å². The molecule has 0 saturated carbocycles. The van der Waals surface area contributed by atoms with Gasteiger partial charge in [0.1, 0.15) is 24.9 Å². The number of carbonyl (C=O) groups excluding carboxylic acids is 2. The summed E-state index contributed by atoms with van der Waals surface area (Å²) in [6.07, 6.45) is 33.8. The van der Waals surface area contributed by atoms with Crippen molar-refractivity contribution in [2.75, 3.05) is 13.2 Å². The number of aliphatic hydroxyl groups is 3. The number of ether oxygens (including phenoxy) is 4. The fourth-order valence-electron chi connectivity index (χ4n) is 5.73.